The molecule has 1 saturated heterocycles. The Morgan fingerprint density at radius 2 is 1.84 bits per heavy atom. The number of cyclic esters (lactones) is 1. The van der Waals surface area contributed by atoms with Crippen LogP contribution >= 0.6 is 12.4 Å². The molecule has 1 amide bonds. The van der Waals surface area contributed by atoms with Gasteiger partial charge in [0.25, 0.3) is 0 Å². The highest BCUT2D eigenvalue weighted by molar-refractivity contribution is 5.85. The molecule has 1 atom stereocenters. The first-order chi connectivity index (χ1) is 8.65. The number of halogens is 1. The highest BCUT2D eigenvalue weighted by Crippen LogP contribution is 2.37. The van der Waals surface area contributed by atoms with Crippen molar-refractivity contribution in [3.05, 3.63) is 23.3 Å². The van der Waals surface area contributed by atoms with Crippen molar-refractivity contribution in [1.29, 1.82) is 0 Å². The zero-order valence-electron chi connectivity index (χ0n) is 11.2. The van der Waals surface area contributed by atoms with Gasteiger partial charge in [-0.25, -0.2) is 4.79 Å². The zero-order valence-corrected chi connectivity index (χ0v) is 12.0. The van der Waals surface area contributed by atoms with Crippen molar-refractivity contribution in [2.45, 2.75) is 19.4 Å². The van der Waals surface area contributed by atoms with Gasteiger partial charge in [-0.3, -0.25) is 0 Å². The minimum absolute atomic E-state index is 0. The number of carbonyl (C=O) groups is 1. The minimum atomic E-state index is -0.407. The maximum Gasteiger partial charge on any atom is 0.407 e. The Hall–Kier alpha value is -1.62. The smallest absolute Gasteiger partial charge is 0.407 e. The van der Waals surface area contributed by atoms with E-state index in [0.29, 0.717) is 13.0 Å². The van der Waals surface area contributed by atoms with E-state index in [1.807, 2.05) is 19.1 Å². The number of methoxy groups -OCH3 is 2. The average molecular weight is 288 g/mol. The average Bonchev–Trinajstić information content (AvgIpc) is 2.37. The Bertz CT molecular complexity index is 439. The Morgan fingerprint density at radius 3 is 2.32 bits per heavy atom. The van der Waals surface area contributed by atoms with Crippen molar-refractivity contribution in [3.63, 3.8) is 0 Å². The summed E-state index contributed by atoms with van der Waals surface area (Å²) in [5, 5.41) is 2.78. The van der Waals surface area contributed by atoms with Crippen molar-refractivity contribution in [3.8, 4) is 11.5 Å². The molecule has 0 radical (unpaired) electrons. The SMILES string of the molecule is COc1cc(C)cc(OC)c1[C@@H]1CCOC(=O)N1.Cl. The molecule has 0 aliphatic carbocycles. The molecule has 6 heteroatoms. The number of alkyl carbamates (subject to hydrolysis) is 1. The number of amides is 1. The molecular formula is C13H18ClNO4. The van der Waals surface area contributed by atoms with Gasteiger partial charge in [0.05, 0.1) is 32.4 Å². The Morgan fingerprint density at radius 1 is 1.26 bits per heavy atom. The van der Waals surface area contributed by atoms with E-state index in [1.54, 1.807) is 14.2 Å². The van der Waals surface area contributed by atoms with E-state index >= 15 is 0 Å². The summed E-state index contributed by atoms with van der Waals surface area (Å²) in [6.07, 6.45) is 0.289. The van der Waals surface area contributed by atoms with E-state index in [2.05, 4.69) is 5.32 Å². The third kappa shape index (κ3) is 3.23. The molecule has 0 unspecified atom stereocenters. The van der Waals surface area contributed by atoms with Crippen molar-refractivity contribution in [1.82, 2.24) is 5.32 Å². The number of hydrogen-bond donors (Lipinski definition) is 1. The molecule has 5 nitrogen and oxygen atoms in total. The van der Waals surface area contributed by atoms with Crippen LogP contribution in [0.3, 0.4) is 0 Å². The maximum atomic E-state index is 11.3. The summed E-state index contributed by atoms with van der Waals surface area (Å²) >= 11 is 0. The minimum Gasteiger partial charge on any atom is -0.496 e. The van der Waals surface area contributed by atoms with Gasteiger partial charge >= 0.3 is 6.09 Å². The van der Waals surface area contributed by atoms with Crippen LogP contribution < -0.4 is 14.8 Å². The van der Waals surface area contributed by atoms with Gasteiger partial charge in [0.15, 0.2) is 0 Å². The van der Waals surface area contributed by atoms with E-state index in [9.17, 15) is 4.79 Å². The molecule has 1 N–H and O–H groups in total. The first kappa shape index (κ1) is 15.4. The standard InChI is InChI=1S/C13H17NO4.ClH/c1-8-6-10(16-2)12(11(7-8)17-3)9-4-5-18-13(15)14-9;/h6-7,9H,4-5H2,1-3H3,(H,14,15);1H/t9-;/m0./s1. The fourth-order valence-electron chi connectivity index (χ4n) is 2.16. The normalized spacial score (nSPS) is 17.8. The summed E-state index contributed by atoms with van der Waals surface area (Å²) in [4.78, 5) is 11.3. The van der Waals surface area contributed by atoms with Crippen LogP contribution in [0, 0.1) is 6.92 Å². The van der Waals surface area contributed by atoms with E-state index in [1.165, 1.54) is 0 Å². The topological polar surface area (TPSA) is 56.8 Å². The van der Waals surface area contributed by atoms with Crippen LogP contribution in [-0.4, -0.2) is 26.9 Å². The van der Waals surface area contributed by atoms with Gasteiger partial charge in [0.2, 0.25) is 0 Å². The van der Waals surface area contributed by atoms with Crippen LogP contribution in [0.25, 0.3) is 0 Å². The number of rotatable bonds is 3. The van der Waals surface area contributed by atoms with Crippen LogP contribution in [0.2, 0.25) is 0 Å². The van der Waals surface area contributed by atoms with Crippen molar-refractivity contribution in [2.75, 3.05) is 20.8 Å². The molecule has 0 bridgehead atoms. The Kier molecular flexibility index (Phi) is 5.30. The lowest BCUT2D eigenvalue weighted by molar-refractivity contribution is 0.114. The van der Waals surface area contributed by atoms with Gasteiger partial charge in [-0.1, -0.05) is 0 Å². The first-order valence-corrected chi connectivity index (χ1v) is 5.81. The lowest BCUT2D eigenvalue weighted by Gasteiger charge is -2.26. The molecule has 1 fully saturated rings. The third-order valence-electron chi connectivity index (χ3n) is 2.97. The monoisotopic (exact) mass is 287 g/mol. The summed E-state index contributed by atoms with van der Waals surface area (Å²) in [7, 11) is 3.22. The van der Waals surface area contributed by atoms with Crippen LogP contribution in [0.15, 0.2) is 12.1 Å². The molecule has 1 aliphatic heterocycles. The number of hydrogen-bond acceptors (Lipinski definition) is 4. The summed E-state index contributed by atoms with van der Waals surface area (Å²) in [6.45, 7) is 2.37. The quantitative estimate of drug-likeness (QED) is 0.928. The molecule has 2 rings (SSSR count). The first-order valence-electron chi connectivity index (χ1n) is 5.81. The van der Waals surface area contributed by atoms with Crippen molar-refractivity contribution in [2.24, 2.45) is 0 Å². The van der Waals surface area contributed by atoms with E-state index < -0.39 is 6.09 Å². The van der Waals surface area contributed by atoms with Crippen LogP contribution in [-0.2, 0) is 4.74 Å². The zero-order chi connectivity index (χ0) is 13.1. The molecule has 1 aromatic rings. The number of ether oxygens (including phenoxy) is 3. The van der Waals surface area contributed by atoms with Gasteiger partial charge in [0.1, 0.15) is 11.5 Å². The van der Waals surface area contributed by atoms with Crippen molar-refractivity contribution < 1.29 is 19.0 Å². The number of aryl methyl sites for hydroxylation is 1. The highest BCUT2D eigenvalue weighted by Gasteiger charge is 2.27. The second-order valence-corrected chi connectivity index (χ2v) is 4.20. The lowest BCUT2D eigenvalue weighted by Crippen LogP contribution is -2.35. The van der Waals surface area contributed by atoms with Crippen LogP contribution in [0.1, 0.15) is 23.6 Å². The Balaban J connectivity index is 0.00000180. The second kappa shape index (κ2) is 6.52. The van der Waals surface area contributed by atoms with Gasteiger partial charge in [-0.15, -0.1) is 12.4 Å². The molecule has 1 heterocycles. The fourth-order valence-corrected chi connectivity index (χ4v) is 2.16. The van der Waals surface area contributed by atoms with E-state index in [0.717, 1.165) is 22.6 Å². The van der Waals surface area contributed by atoms with Gasteiger partial charge in [-0.05, 0) is 24.6 Å². The summed E-state index contributed by atoms with van der Waals surface area (Å²) in [5.41, 5.74) is 1.91. The predicted molar refractivity (Wildman–Crippen MR) is 73.4 cm³/mol. The number of carbonyl (C=O) groups excluding carboxylic acids is 1. The van der Waals surface area contributed by atoms with Gasteiger partial charge in [0, 0.05) is 6.42 Å². The molecule has 106 valence electrons. The molecular weight excluding hydrogens is 270 g/mol. The highest BCUT2D eigenvalue weighted by atomic mass is 35.5. The second-order valence-electron chi connectivity index (χ2n) is 4.20. The summed E-state index contributed by atoms with van der Waals surface area (Å²) < 4.78 is 15.6. The molecule has 1 aliphatic rings. The van der Waals surface area contributed by atoms with E-state index in [-0.39, 0.29) is 18.4 Å². The summed E-state index contributed by atoms with van der Waals surface area (Å²) in [6, 6.07) is 3.72. The number of benzene rings is 1. The summed E-state index contributed by atoms with van der Waals surface area (Å²) in [5.74, 6) is 1.44. The maximum absolute atomic E-state index is 11.3. The Labute approximate surface area is 118 Å². The van der Waals surface area contributed by atoms with Gasteiger partial charge < -0.3 is 19.5 Å². The largest absolute Gasteiger partial charge is 0.496 e. The van der Waals surface area contributed by atoms with E-state index in [4.69, 9.17) is 14.2 Å². The van der Waals surface area contributed by atoms with Gasteiger partial charge in [-0.2, -0.15) is 0 Å². The molecule has 1 aromatic carbocycles. The van der Waals surface area contributed by atoms with Crippen LogP contribution in [0.4, 0.5) is 4.79 Å². The fraction of sp³-hybridized carbons (Fsp3) is 0.462. The molecule has 0 saturated carbocycles. The molecule has 19 heavy (non-hydrogen) atoms. The lowest BCUT2D eigenvalue weighted by atomic mass is 9.99. The molecule has 0 aromatic heterocycles. The predicted octanol–water partition coefficient (Wildman–Crippen LogP) is 2.61. The van der Waals surface area contributed by atoms with Crippen LogP contribution in [0.5, 0.6) is 11.5 Å². The molecule has 0 spiro atoms. The number of nitrogens with one attached hydrogen (secondary N) is 1. The van der Waals surface area contributed by atoms with Crippen molar-refractivity contribution >= 4 is 18.5 Å². The third-order valence-corrected chi connectivity index (χ3v) is 2.97.